The van der Waals surface area contributed by atoms with Crippen molar-refractivity contribution in [1.29, 1.82) is 0 Å². The standard InChI is InChI=1S/C18H23F2NO2/c1-5-23-16(22)14-11-21-15(17(2,3)4)10-13(14)12-6-8-18(19,20)9-7-12/h6,10-11H,5,7-9H2,1-4H3. The molecule has 1 aromatic heterocycles. The molecular formula is C18H23F2NO2. The van der Waals surface area contributed by atoms with Crippen LogP contribution in [0.5, 0.6) is 0 Å². The molecule has 0 fully saturated rings. The summed E-state index contributed by atoms with van der Waals surface area (Å²) in [6, 6.07) is 1.83. The molecule has 126 valence electrons. The lowest BCUT2D eigenvalue weighted by Crippen LogP contribution is -2.20. The summed E-state index contributed by atoms with van der Waals surface area (Å²) in [6.07, 6.45) is 2.79. The molecule has 0 saturated heterocycles. The maximum Gasteiger partial charge on any atom is 0.340 e. The van der Waals surface area contributed by atoms with E-state index >= 15 is 0 Å². The van der Waals surface area contributed by atoms with Gasteiger partial charge in [0.05, 0.1) is 12.2 Å². The maximum absolute atomic E-state index is 13.4. The topological polar surface area (TPSA) is 39.2 Å². The van der Waals surface area contributed by atoms with Crippen molar-refractivity contribution in [3.05, 3.63) is 35.2 Å². The van der Waals surface area contributed by atoms with Gasteiger partial charge in [-0.2, -0.15) is 0 Å². The Balaban J connectivity index is 2.49. The van der Waals surface area contributed by atoms with Crippen molar-refractivity contribution < 1.29 is 18.3 Å². The number of halogens is 2. The van der Waals surface area contributed by atoms with Crippen LogP contribution in [-0.2, 0) is 10.2 Å². The number of hydrogen-bond acceptors (Lipinski definition) is 3. The third-order valence-corrected chi connectivity index (χ3v) is 3.92. The molecule has 2 rings (SSSR count). The minimum atomic E-state index is -2.66. The van der Waals surface area contributed by atoms with Crippen molar-refractivity contribution in [1.82, 2.24) is 4.98 Å². The van der Waals surface area contributed by atoms with E-state index in [1.807, 2.05) is 26.8 Å². The number of hydrogen-bond donors (Lipinski definition) is 0. The summed E-state index contributed by atoms with van der Waals surface area (Å²) < 4.78 is 31.9. The van der Waals surface area contributed by atoms with E-state index in [1.165, 1.54) is 12.3 Å². The van der Waals surface area contributed by atoms with Gasteiger partial charge in [0, 0.05) is 30.1 Å². The van der Waals surface area contributed by atoms with Gasteiger partial charge < -0.3 is 4.74 Å². The second kappa shape index (κ2) is 6.38. The first-order valence-corrected chi connectivity index (χ1v) is 7.89. The molecule has 1 aromatic rings. The van der Waals surface area contributed by atoms with E-state index in [4.69, 9.17) is 4.74 Å². The van der Waals surface area contributed by atoms with E-state index in [0.717, 1.165) is 11.3 Å². The van der Waals surface area contributed by atoms with Gasteiger partial charge in [-0.25, -0.2) is 13.6 Å². The summed E-state index contributed by atoms with van der Waals surface area (Å²) in [5, 5.41) is 0. The number of ether oxygens (including phenoxy) is 1. The lowest BCUT2D eigenvalue weighted by molar-refractivity contribution is -0.00603. The number of carbonyl (C=O) groups is 1. The second-order valence-corrected chi connectivity index (χ2v) is 6.88. The molecule has 0 bridgehead atoms. The highest BCUT2D eigenvalue weighted by molar-refractivity contribution is 5.95. The van der Waals surface area contributed by atoms with Gasteiger partial charge in [-0.1, -0.05) is 26.8 Å². The fourth-order valence-electron chi connectivity index (χ4n) is 2.54. The Labute approximate surface area is 135 Å². The molecule has 1 aliphatic carbocycles. The molecule has 0 radical (unpaired) electrons. The van der Waals surface area contributed by atoms with Gasteiger partial charge in [0.25, 0.3) is 5.92 Å². The Morgan fingerprint density at radius 1 is 1.39 bits per heavy atom. The molecule has 23 heavy (non-hydrogen) atoms. The Morgan fingerprint density at radius 2 is 2.09 bits per heavy atom. The molecule has 0 spiro atoms. The number of nitrogens with zero attached hydrogens (tertiary/aromatic N) is 1. The minimum Gasteiger partial charge on any atom is -0.462 e. The number of allylic oxidation sites excluding steroid dienone is 2. The Morgan fingerprint density at radius 3 is 2.61 bits per heavy atom. The Kier molecular flexibility index (Phi) is 4.87. The third-order valence-electron chi connectivity index (χ3n) is 3.92. The van der Waals surface area contributed by atoms with Crippen LogP contribution < -0.4 is 0 Å². The summed E-state index contributed by atoms with van der Waals surface area (Å²) in [4.78, 5) is 16.5. The lowest BCUT2D eigenvalue weighted by atomic mass is 9.85. The molecule has 0 aromatic carbocycles. The zero-order chi connectivity index (χ0) is 17.3. The molecule has 0 atom stereocenters. The zero-order valence-electron chi connectivity index (χ0n) is 14.1. The number of carbonyl (C=O) groups excluding carboxylic acids is 1. The van der Waals surface area contributed by atoms with Crippen molar-refractivity contribution in [2.45, 2.75) is 58.3 Å². The van der Waals surface area contributed by atoms with Crippen LogP contribution in [0.15, 0.2) is 18.3 Å². The highest BCUT2D eigenvalue weighted by Gasteiger charge is 2.32. The van der Waals surface area contributed by atoms with Crippen LogP contribution >= 0.6 is 0 Å². The number of pyridine rings is 1. The van der Waals surface area contributed by atoms with Crippen molar-refractivity contribution >= 4 is 11.5 Å². The Bertz CT molecular complexity index is 630. The SMILES string of the molecule is CCOC(=O)c1cnc(C(C)(C)C)cc1C1=CCC(F)(F)CC1. The number of aromatic nitrogens is 1. The van der Waals surface area contributed by atoms with Gasteiger partial charge in [0.2, 0.25) is 0 Å². The van der Waals surface area contributed by atoms with Crippen LogP contribution in [0.4, 0.5) is 8.78 Å². The number of rotatable bonds is 3. The highest BCUT2D eigenvalue weighted by Crippen LogP contribution is 2.38. The lowest BCUT2D eigenvalue weighted by Gasteiger charge is -2.24. The first kappa shape index (κ1) is 17.6. The number of esters is 1. The van der Waals surface area contributed by atoms with Gasteiger partial charge in [-0.3, -0.25) is 4.98 Å². The van der Waals surface area contributed by atoms with Crippen molar-refractivity contribution in [2.75, 3.05) is 6.61 Å². The van der Waals surface area contributed by atoms with E-state index in [2.05, 4.69) is 4.98 Å². The van der Waals surface area contributed by atoms with Gasteiger partial charge in [-0.15, -0.1) is 0 Å². The number of alkyl halides is 2. The minimum absolute atomic E-state index is 0.193. The van der Waals surface area contributed by atoms with E-state index in [1.54, 1.807) is 6.92 Å². The van der Waals surface area contributed by atoms with Crippen LogP contribution in [0, 0.1) is 0 Å². The fraction of sp³-hybridized carbons (Fsp3) is 0.556. The largest absolute Gasteiger partial charge is 0.462 e. The first-order valence-electron chi connectivity index (χ1n) is 7.89. The summed E-state index contributed by atoms with van der Waals surface area (Å²) in [7, 11) is 0. The quantitative estimate of drug-likeness (QED) is 0.753. The molecule has 5 heteroatoms. The molecule has 0 amide bonds. The maximum atomic E-state index is 13.4. The van der Waals surface area contributed by atoms with Crippen molar-refractivity contribution in [2.24, 2.45) is 0 Å². The molecule has 0 saturated carbocycles. The van der Waals surface area contributed by atoms with Crippen LogP contribution in [0.3, 0.4) is 0 Å². The summed E-state index contributed by atoms with van der Waals surface area (Å²) in [6.45, 7) is 8.05. The van der Waals surface area contributed by atoms with Crippen molar-refractivity contribution in [3.8, 4) is 0 Å². The predicted octanol–water partition coefficient (Wildman–Crippen LogP) is 4.76. The van der Waals surface area contributed by atoms with Crippen LogP contribution in [-0.4, -0.2) is 23.5 Å². The average molecular weight is 323 g/mol. The monoisotopic (exact) mass is 323 g/mol. The van der Waals surface area contributed by atoms with Gasteiger partial charge in [-0.05, 0) is 30.5 Å². The normalized spacial score (nSPS) is 17.6. The first-order chi connectivity index (χ1) is 10.6. The molecule has 0 aliphatic heterocycles. The summed E-state index contributed by atoms with van der Waals surface area (Å²) in [5.41, 5.74) is 2.40. The van der Waals surface area contributed by atoms with Gasteiger partial charge in [0.15, 0.2) is 0 Å². The van der Waals surface area contributed by atoms with E-state index in [0.29, 0.717) is 11.1 Å². The van der Waals surface area contributed by atoms with E-state index in [-0.39, 0.29) is 31.3 Å². The molecule has 1 aliphatic rings. The molecule has 0 unspecified atom stereocenters. The van der Waals surface area contributed by atoms with E-state index < -0.39 is 11.9 Å². The summed E-state index contributed by atoms with van der Waals surface area (Å²) in [5.74, 6) is -3.12. The third kappa shape index (κ3) is 4.15. The molecular weight excluding hydrogens is 300 g/mol. The van der Waals surface area contributed by atoms with Crippen LogP contribution in [0.2, 0.25) is 0 Å². The van der Waals surface area contributed by atoms with Gasteiger partial charge >= 0.3 is 5.97 Å². The summed E-state index contributed by atoms with van der Waals surface area (Å²) >= 11 is 0. The molecule has 1 heterocycles. The van der Waals surface area contributed by atoms with E-state index in [9.17, 15) is 13.6 Å². The zero-order valence-corrected chi connectivity index (χ0v) is 14.1. The highest BCUT2D eigenvalue weighted by atomic mass is 19.3. The fourth-order valence-corrected chi connectivity index (χ4v) is 2.54. The second-order valence-electron chi connectivity index (χ2n) is 6.88. The van der Waals surface area contributed by atoms with Gasteiger partial charge in [0.1, 0.15) is 0 Å². The van der Waals surface area contributed by atoms with Crippen molar-refractivity contribution in [3.63, 3.8) is 0 Å². The molecule has 0 N–H and O–H groups in total. The van der Waals surface area contributed by atoms with Crippen LogP contribution in [0.25, 0.3) is 5.57 Å². The predicted molar refractivity (Wildman–Crippen MR) is 85.7 cm³/mol. The average Bonchev–Trinajstić information content (AvgIpc) is 2.46. The Hall–Kier alpha value is -1.78. The van der Waals surface area contributed by atoms with Crippen LogP contribution in [0.1, 0.15) is 68.6 Å². The smallest absolute Gasteiger partial charge is 0.340 e. The molecule has 3 nitrogen and oxygen atoms in total.